The first-order chi connectivity index (χ1) is 12.5. The Labute approximate surface area is 150 Å². The zero-order chi connectivity index (χ0) is 19.3. The highest BCUT2D eigenvalue weighted by atomic mass is 16.7. The van der Waals surface area contributed by atoms with E-state index in [1.807, 2.05) is 0 Å². The number of carbonyl (C=O) groups is 1. The van der Waals surface area contributed by atoms with Crippen molar-refractivity contribution in [2.24, 2.45) is 0 Å². The van der Waals surface area contributed by atoms with Gasteiger partial charge in [-0.25, -0.2) is 0 Å². The lowest BCUT2D eigenvalue weighted by Crippen LogP contribution is -2.60. The molecule has 5 atom stereocenters. The van der Waals surface area contributed by atoms with Gasteiger partial charge in [-0.2, -0.15) is 0 Å². The van der Waals surface area contributed by atoms with Crippen molar-refractivity contribution in [2.45, 2.75) is 30.7 Å². The van der Waals surface area contributed by atoms with Crippen LogP contribution in [-0.4, -0.2) is 78.2 Å². The Morgan fingerprint density at radius 3 is 2.19 bits per heavy atom. The number of methoxy groups -OCH3 is 2. The van der Waals surface area contributed by atoms with E-state index in [0.29, 0.717) is 11.8 Å². The Balaban J connectivity index is 2.35. The molecule has 26 heavy (non-hydrogen) atoms. The van der Waals surface area contributed by atoms with Crippen molar-refractivity contribution in [3.63, 3.8) is 0 Å². The monoisotopic (exact) mass is 370 g/mol. The molecule has 144 valence electrons. The van der Waals surface area contributed by atoms with Crippen LogP contribution in [0.5, 0.6) is 17.2 Å². The Morgan fingerprint density at radius 1 is 1.08 bits per heavy atom. The molecule has 1 aromatic carbocycles. The molecule has 1 aromatic rings. The summed E-state index contributed by atoms with van der Waals surface area (Å²) in [7, 11) is 2.78. The van der Waals surface area contributed by atoms with Crippen molar-refractivity contribution < 1.29 is 44.2 Å². The summed E-state index contributed by atoms with van der Waals surface area (Å²) in [4.78, 5) is 10.5. The van der Waals surface area contributed by atoms with Gasteiger partial charge < -0.3 is 39.4 Å². The van der Waals surface area contributed by atoms with Crippen LogP contribution in [-0.2, 0) is 9.53 Å². The molecule has 0 aromatic heterocycles. The second-order valence-electron chi connectivity index (χ2n) is 5.56. The average molecular weight is 370 g/mol. The van der Waals surface area contributed by atoms with Crippen LogP contribution in [0.1, 0.15) is 5.56 Å². The minimum atomic E-state index is -1.57. The number of rotatable bonds is 7. The Hall–Kier alpha value is -2.17. The van der Waals surface area contributed by atoms with Crippen molar-refractivity contribution >= 4 is 12.4 Å². The van der Waals surface area contributed by atoms with Crippen molar-refractivity contribution in [3.05, 3.63) is 23.8 Å². The summed E-state index contributed by atoms with van der Waals surface area (Å²) in [6, 6.07) is 3.14. The molecule has 9 heteroatoms. The predicted molar refractivity (Wildman–Crippen MR) is 89.0 cm³/mol. The van der Waals surface area contributed by atoms with Gasteiger partial charge in [0.05, 0.1) is 20.8 Å². The van der Waals surface area contributed by atoms with E-state index in [9.17, 15) is 25.2 Å². The van der Waals surface area contributed by atoms with Gasteiger partial charge in [-0.15, -0.1) is 0 Å². The SMILES string of the molecule is COc1cc(C=CC=O)cc(OC)c1OC1O[C@H](CO)[C@@H](O)[C@H](O)[C@H]1O. The third-order valence-electron chi connectivity index (χ3n) is 3.93. The number of carbonyl (C=O) groups excluding carboxylic acids is 1. The summed E-state index contributed by atoms with van der Waals surface area (Å²) in [5, 5.41) is 39.0. The van der Waals surface area contributed by atoms with E-state index in [0.717, 1.165) is 0 Å². The van der Waals surface area contributed by atoms with Crippen molar-refractivity contribution in [1.82, 2.24) is 0 Å². The number of benzene rings is 1. The van der Waals surface area contributed by atoms with Gasteiger partial charge in [0.15, 0.2) is 11.5 Å². The van der Waals surface area contributed by atoms with Crippen molar-refractivity contribution in [3.8, 4) is 17.2 Å². The first-order valence-electron chi connectivity index (χ1n) is 7.81. The van der Waals surface area contributed by atoms with E-state index in [1.165, 1.54) is 26.4 Å². The maximum Gasteiger partial charge on any atom is 0.229 e. The first-order valence-corrected chi connectivity index (χ1v) is 7.81. The van der Waals surface area contributed by atoms with Crippen LogP contribution in [0.3, 0.4) is 0 Å². The molecule has 0 radical (unpaired) electrons. The van der Waals surface area contributed by atoms with Gasteiger partial charge in [0.2, 0.25) is 12.0 Å². The summed E-state index contributed by atoms with van der Waals surface area (Å²) < 4.78 is 21.5. The number of ether oxygens (including phenoxy) is 4. The van der Waals surface area contributed by atoms with Gasteiger partial charge in [-0.1, -0.05) is 6.08 Å². The van der Waals surface area contributed by atoms with Crippen LogP contribution >= 0.6 is 0 Å². The van der Waals surface area contributed by atoms with Crippen LogP contribution in [0.4, 0.5) is 0 Å². The number of aliphatic hydroxyl groups excluding tert-OH is 4. The van der Waals surface area contributed by atoms with Crippen LogP contribution in [0.25, 0.3) is 6.08 Å². The van der Waals surface area contributed by atoms with Gasteiger partial charge in [0, 0.05) is 0 Å². The molecular formula is C17H22O9. The van der Waals surface area contributed by atoms with Crippen molar-refractivity contribution in [2.75, 3.05) is 20.8 Å². The van der Waals surface area contributed by atoms with Crippen LogP contribution in [0, 0.1) is 0 Å². The lowest BCUT2D eigenvalue weighted by molar-refractivity contribution is -0.277. The minimum absolute atomic E-state index is 0.0857. The molecule has 1 heterocycles. The van der Waals surface area contributed by atoms with E-state index >= 15 is 0 Å². The fraction of sp³-hybridized carbons (Fsp3) is 0.471. The van der Waals surface area contributed by atoms with Crippen molar-refractivity contribution in [1.29, 1.82) is 0 Å². The number of aliphatic hydroxyl groups is 4. The lowest BCUT2D eigenvalue weighted by Gasteiger charge is -2.39. The second kappa shape index (κ2) is 8.97. The molecule has 2 rings (SSSR count). The molecule has 1 unspecified atom stereocenters. The number of allylic oxidation sites excluding steroid dienone is 1. The van der Waals surface area contributed by atoms with Gasteiger partial charge in [-0.3, -0.25) is 4.79 Å². The summed E-state index contributed by atoms with van der Waals surface area (Å²) in [6.45, 7) is -0.575. The van der Waals surface area contributed by atoms with E-state index in [-0.39, 0.29) is 17.2 Å². The Bertz CT molecular complexity index is 618. The molecule has 1 saturated heterocycles. The highest BCUT2D eigenvalue weighted by molar-refractivity contribution is 5.75. The quantitative estimate of drug-likeness (QED) is 0.355. The van der Waals surface area contributed by atoms with Gasteiger partial charge in [-0.05, 0) is 23.8 Å². The lowest BCUT2D eigenvalue weighted by atomic mass is 9.99. The molecule has 1 aliphatic rings. The largest absolute Gasteiger partial charge is 0.493 e. The topological polar surface area (TPSA) is 135 Å². The highest BCUT2D eigenvalue weighted by Gasteiger charge is 2.45. The number of hydrogen-bond donors (Lipinski definition) is 4. The predicted octanol–water partition coefficient (Wildman–Crippen LogP) is -0.905. The fourth-order valence-corrected chi connectivity index (χ4v) is 2.54. The zero-order valence-corrected chi connectivity index (χ0v) is 14.3. The van der Waals surface area contributed by atoms with Crippen LogP contribution < -0.4 is 14.2 Å². The van der Waals surface area contributed by atoms with E-state index < -0.39 is 37.3 Å². The van der Waals surface area contributed by atoms with E-state index in [4.69, 9.17) is 18.9 Å². The Kier molecular flexibility index (Phi) is 6.95. The molecule has 1 aliphatic heterocycles. The van der Waals surface area contributed by atoms with E-state index in [1.54, 1.807) is 12.1 Å². The van der Waals surface area contributed by atoms with Crippen LogP contribution in [0.2, 0.25) is 0 Å². The third kappa shape index (κ3) is 4.14. The molecule has 9 nitrogen and oxygen atoms in total. The Morgan fingerprint density at radius 2 is 1.69 bits per heavy atom. The maximum absolute atomic E-state index is 10.5. The number of hydrogen-bond acceptors (Lipinski definition) is 9. The van der Waals surface area contributed by atoms with Gasteiger partial charge in [0.25, 0.3) is 0 Å². The molecule has 0 saturated carbocycles. The fourth-order valence-electron chi connectivity index (χ4n) is 2.54. The number of aldehydes is 1. The summed E-state index contributed by atoms with van der Waals surface area (Å²) in [6.07, 6.45) is -3.67. The average Bonchev–Trinajstić information content (AvgIpc) is 2.66. The summed E-state index contributed by atoms with van der Waals surface area (Å²) in [5.74, 6) is 0.543. The molecule has 1 fully saturated rings. The zero-order valence-electron chi connectivity index (χ0n) is 14.3. The smallest absolute Gasteiger partial charge is 0.229 e. The summed E-state index contributed by atoms with van der Waals surface area (Å²) in [5.41, 5.74) is 0.604. The molecule has 0 spiro atoms. The normalized spacial score (nSPS) is 28.8. The maximum atomic E-state index is 10.5. The highest BCUT2D eigenvalue weighted by Crippen LogP contribution is 2.40. The van der Waals surface area contributed by atoms with Crippen LogP contribution in [0.15, 0.2) is 18.2 Å². The molecule has 0 aliphatic carbocycles. The van der Waals surface area contributed by atoms with Gasteiger partial charge >= 0.3 is 0 Å². The molecule has 4 N–H and O–H groups in total. The first kappa shape index (κ1) is 20.1. The summed E-state index contributed by atoms with van der Waals surface area (Å²) >= 11 is 0. The van der Waals surface area contributed by atoms with Gasteiger partial charge in [0.1, 0.15) is 30.7 Å². The standard InChI is InChI=1S/C17H22O9/c1-23-10-6-9(4-3-5-18)7-11(24-2)16(10)26-17-15(22)14(21)13(20)12(8-19)25-17/h3-7,12-15,17,19-22H,8H2,1-2H3/t12-,13-,14+,15-,17?/m1/s1. The molecular weight excluding hydrogens is 348 g/mol. The minimum Gasteiger partial charge on any atom is -0.493 e. The molecule has 0 amide bonds. The second-order valence-corrected chi connectivity index (χ2v) is 5.56. The third-order valence-corrected chi connectivity index (χ3v) is 3.93. The van der Waals surface area contributed by atoms with E-state index in [2.05, 4.69) is 0 Å². The molecule has 0 bridgehead atoms.